The van der Waals surface area contributed by atoms with Crippen molar-refractivity contribution in [1.82, 2.24) is 0 Å². The van der Waals surface area contributed by atoms with Gasteiger partial charge < -0.3 is 4.74 Å². The van der Waals surface area contributed by atoms with Crippen molar-refractivity contribution in [2.45, 2.75) is 45.1 Å². The third-order valence-corrected chi connectivity index (χ3v) is 3.70. The average Bonchev–Trinajstić information content (AvgIpc) is 2.51. The van der Waals surface area contributed by atoms with E-state index in [-0.39, 0.29) is 29.6 Å². The average molecular weight is 366 g/mol. The molecule has 5 heteroatoms. The third kappa shape index (κ3) is 7.37. The number of carbonyl (C=O) groups is 2. The largest absolute Gasteiger partial charge is 0.461 e. The van der Waals surface area contributed by atoms with Gasteiger partial charge >= 0.3 is 5.97 Å². The molecule has 1 aromatic rings. The van der Waals surface area contributed by atoms with Gasteiger partial charge in [-0.3, -0.25) is 9.59 Å². The first-order chi connectivity index (χ1) is 10.5. The zero-order valence-electron chi connectivity index (χ0n) is 12.7. The minimum Gasteiger partial charge on any atom is -0.461 e. The molecule has 1 atom stereocenters. The molecule has 0 radical (unpaired) electrons. The molecule has 22 heavy (non-hydrogen) atoms. The highest BCUT2D eigenvalue weighted by Gasteiger charge is 2.15. The quantitative estimate of drug-likeness (QED) is 0.381. The Bertz CT molecular complexity index is 534. The van der Waals surface area contributed by atoms with Gasteiger partial charge in [-0.05, 0) is 50.3 Å². The summed E-state index contributed by atoms with van der Waals surface area (Å²) in [5.41, 5.74) is 1.84. The van der Waals surface area contributed by atoms with Gasteiger partial charge in [-0.15, -0.1) is 0 Å². The Morgan fingerprint density at radius 3 is 2.50 bits per heavy atom. The lowest BCUT2D eigenvalue weighted by molar-refractivity contribution is -0.147. The van der Waals surface area contributed by atoms with Crippen molar-refractivity contribution in [2.75, 3.05) is 5.33 Å². The van der Waals surface area contributed by atoms with Crippen LogP contribution in [-0.2, 0) is 20.7 Å². The Balaban J connectivity index is 2.36. The van der Waals surface area contributed by atoms with Gasteiger partial charge in [-0.25, -0.2) is 0 Å². The van der Waals surface area contributed by atoms with Crippen molar-refractivity contribution in [2.24, 2.45) is 0 Å². The minimum absolute atomic E-state index is 0.0273. The lowest BCUT2D eigenvalue weighted by Crippen LogP contribution is -2.21. The molecular formula is C17H20BrNO3. The summed E-state index contributed by atoms with van der Waals surface area (Å²) in [6, 6.07) is 9.63. The second-order valence-electron chi connectivity index (χ2n) is 5.21. The number of nitrogens with zero attached hydrogens (tertiary/aromatic N) is 1. The Morgan fingerprint density at radius 1 is 1.27 bits per heavy atom. The number of hydrogen-bond donors (Lipinski definition) is 0. The van der Waals surface area contributed by atoms with Gasteiger partial charge in [0.25, 0.3) is 0 Å². The molecule has 0 aliphatic rings. The molecule has 0 N–H and O–H groups in total. The second-order valence-corrected chi connectivity index (χ2v) is 5.77. The molecule has 118 valence electrons. The fourth-order valence-corrected chi connectivity index (χ4v) is 2.32. The summed E-state index contributed by atoms with van der Waals surface area (Å²) < 4.78 is 5.25. The number of rotatable bonds is 9. The minimum atomic E-state index is -0.335. The first-order valence-corrected chi connectivity index (χ1v) is 8.41. The zero-order valence-corrected chi connectivity index (χ0v) is 14.3. The number of aryl methyl sites for hydroxylation is 1. The van der Waals surface area contributed by atoms with Gasteiger partial charge in [-0.1, -0.05) is 28.1 Å². The predicted molar refractivity (Wildman–Crippen MR) is 87.7 cm³/mol. The summed E-state index contributed by atoms with van der Waals surface area (Å²) in [5.74, 6) is -0.308. The molecule has 0 amide bonds. The van der Waals surface area contributed by atoms with Crippen molar-refractivity contribution >= 4 is 27.7 Å². The Hall–Kier alpha value is -1.67. The van der Waals surface area contributed by atoms with E-state index in [2.05, 4.69) is 22.0 Å². The zero-order chi connectivity index (χ0) is 16.4. The summed E-state index contributed by atoms with van der Waals surface area (Å²) >= 11 is 3.05. The van der Waals surface area contributed by atoms with Crippen molar-refractivity contribution in [3.63, 3.8) is 0 Å². The fraction of sp³-hybridized carbons (Fsp3) is 0.471. The number of hydrogen-bond acceptors (Lipinski definition) is 4. The number of ketones is 1. The Morgan fingerprint density at radius 2 is 1.95 bits per heavy atom. The van der Waals surface area contributed by atoms with Crippen LogP contribution in [0, 0.1) is 11.3 Å². The van der Waals surface area contributed by atoms with Gasteiger partial charge in [0.2, 0.25) is 0 Å². The highest BCUT2D eigenvalue weighted by Crippen LogP contribution is 2.13. The van der Waals surface area contributed by atoms with E-state index in [1.54, 1.807) is 0 Å². The topological polar surface area (TPSA) is 67.2 Å². The van der Waals surface area contributed by atoms with Gasteiger partial charge in [-0.2, -0.15) is 5.26 Å². The van der Waals surface area contributed by atoms with E-state index < -0.39 is 0 Å². The van der Waals surface area contributed by atoms with Crippen LogP contribution in [0.4, 0.5) is 0 Å². The van der Waals surface area contributed by atoms with Crippen molar-refractivity contribution in [3.05, 3.63) is 35.4 Å². The van der Waals surface area contributed by atoms with Crippen molar-refractivity contribution in [3.8, 4) is 6.07 Å². The maximum Gasteiger partial charge on any atom is 0.316 e. The fourth-order valence-electron chi connectivity index (χ4n) is 2.19. The second kappa shape index (κ2) is 10.1. The van der Waals surface area contributed by atoms with Crippen LogP contribution in [0.2, 0.25) is 0 Å². The van der Waals surface area contributed by atoms with E-state index in [4.69, 9.17) is 10.00 Å². The molecule has 0 aliphatic heterocycles. The molecule has 1 aromatic carbocycles. The number of unbranched alkanes of at least 4 members (excludes halogenated alkanes) is 1. The first kappa shape index (κ1) is 18.4. The van der Waals surface area contributed by atoms with E-state index in [1.807, 2.05) is 24.3 Å². The summed E-state index contributed by atoms with van der Waals surface area (Å²) in [7, 11) is 0. The molecular weight excluding hydrogens is 346 g/mol. The molecule has 0 fully saturated rings. The van der Waals surface area contributed by atoms with E-state index >= 15 is 0 Å². The predicted octanol–water partition coefficient (Wildman–Crippen LogP) is 3.56. The molecule has 1 rings (SSSR count). The summed E-state index contributed by atoms with van der Waals surface area (Å²) in [6.45, 7) is 1.51. The summed E-state index contributed by atoms with van der Waals surface area (Å²) in [4.78, 5) is 22.5. The normalized spacial score (nSPS) is 11.5. The van der Waals surface area contributed by atoms with E-state index in [0.717, 1.165) is 19.3 Å². The standard InChI is InChI=1S/C17H20BrNO3/c1-13(20)10-16(22-17(21)11-18)5-3-2-4-14-6-8-15(12-19)9-7-14/h6-9,16H,2-5,10-11H2,1H3. The molecule has 0 bridgehead atoms. The van der Waals surface area contributed by atoms with Gasteiger partial charge in [0.05, 0.1) is 11.6 Å². The molecule has 0 heterocycles. The third-order valence-electron chi connectivity index (χ3n) is 3.25. The number of nitriles is 1. The number of halogens is 1. The highest BCUT2D eigenvalue weighted by molar-refractivity contribution is 9.09. The summed E-state index contributed by atoms with van der Waals surface area (Å²) in [6.07, 6.45) is 3.37. The molecule has 0 saturated carbocycles. The molecule has 0 aliphatic carbocycles. The summed E-state index contributed by atoms with van der Waals surface area (Å²) in [5, 5.41) is 8.89. The van der Waals surface area contributed by atoms with Crippen LogP contribution in [0.15, 0.2) is 24.3 Å². The van der Waals surface area contributed by atoms with Crippen LogP contribution in [0.3, 0.4) is 0 Å². The number of benzene rings is 1. The van der Waals surface area contributed by atoms with Crippen molar-refractivity contribution in [1.29, 1.82) is 5.26 Å². The van der Waals surface area contributed by atoms with Crippen LogP contribution in [0.25, 0.3) is 0 Å². The lowest BCUT2D eigenvalue weighted by Gasteiger charge is -2.16. The van der Waals surface area contributed by atoms with E-state index in [1.165, 1.54) is 12.5 Å². The highest BCUT2D eigenvalue weighted by atomic mass is 79.9. The van der Waals surface area contributed by atoms with Crippen LogP contribution in [0.1, 0.15) is 43.7 Å². The number of ether oxygens (including phenoxy) is 1. The smallest absolute Gasteiger partial charge is 0.316 e. The first-order valence-electron chi connectivity index (χ1n) is 7.29. The van der Waals surface area contributed by atoms with Gasteiger partial charge in [0.1, 0.15) is 17.2 Å². The van der Waals surface area contributed by atoms with Gasteiger partial charge in [0, 0.05) is 6.42 Å². The molecule has 0 spiro atoms. The van der Waals surface area contributed by atoms with Crippen molar-refractivity contribution < 1.29 is 14.3 Å². The maximum atomic E-state index is 11.3. The molecule has 1 unspecified atom stereocenters. The lowest BCUT2D eigenvalue weighted by atomic mass is 10.0. The van der Waals surface area contributed by atoms with Crippen LogP contribution >= 0.6 is 15.9 Å². The van der Waals surface area contributed by atoms with E-state index in [9.17, 15) is 9.59 Å². The number of Topliss-reactive ketones (excluding diaryl/α,β-unsaturated/α-hetero) is 1. The Labute approximate surface area is 139 Å². The van der Waals surface area contributed by atoms with E-state index in [0.29, 0.717) is 12.0 Å². The SMILES string of the molecule is CC(=O)CC(CCCCc1ccc(C#N)cc1)OC(=O)CBr. The monoisotopic (exact) mass is 365 g/mol. The van der Waals surface area contributed by atoms with Crippen LogP contribution in [-0.4, -0.2) is 23.2 Å². The molecule has 4 nitrogen and oxygen atoms in total. The molecule has 0 saturated heterocycles. The number of esters is 1. The Kier molecular flexibility index (Phi) is 8.46. The van der Waals surface area contributed by atoms with Crippen LogP contribution in [0.5, 0.6) is 0 Å². The number of carbonyl (C=O) groups excluding carboxylic acids is 2. The molecule has 0 aromatic heterocycles. The number of alkyl halides is 1. The maximum absolute atomic E-state index is 11.3. The van der Waals surface area contributed by atoms with Crippen LogP contribution < -0.4 is 0 Å². The van der Waals surface area contributed by atoms with Gasteiger partial charge in [0.15, 0.2) is 0 Å².